The van der Waals surface area contributed by atoms with Gasteiger partial charge in [0.15, 0.2) is 17.5 Å². The number of hydrogen-bond acceptors (Lipinski definition) is 5. The van der Waals surface area contributed by atoms with Gasteiger partial charge in [0, 0.05) is 45.3 Å². The summed E-state index contributed by atoms with van der Waals surface area (Å²) < 4.78 is 11.6. The third kappa shape index (κ3) is 7.01. The van der Waals surface area contributed by atoms with Crippen molar-refractivity contribution in [1.82, 2.24) is 20.4 Å². The molecule has 1 aliphatic heterocycles. The first kappa shape index (κ1) is 24.6. The third-order valence-electron chi connectivity index (χ3n) is 6.87. The van der Waals surface area contributed by atoms with Crippen molar-refractivity contribution in [2.45, 2.75) is 64.6 Å². The fraction of sp³-hybridized carbons (Fsp3) is 0.720. The van der Waals surface area contributed by atoms with Gasteiger partial charge >= 0.3 is 0 Å². The average molecular weight is 446 g/mol. The van der Waals surface area contributed by atoms with Crippen LogP contribution in [0.4, 0.5) is 0 Å². The molecule has 3 rings (SSSR count). The lowest BCUT2D eigenvalue weighted by Gasteiger charge is -2.24. The molecule has 1 saturated heterocycles. The molecule has 1 atom stereocenters. The van der Waals surface area contributed by atoms with Gasteiger partial charge in [0.05, 0.1) is 7.11 Å². The quantitative estimate of drug-likeness (QED) is 0.403. The van der Waals surface area contributed by atoms with Crippen LogP contribution in [0.25, 0.3) is 0 Å². The van der Waals surface area contributed by atoms with Gasteiger partial charge in [0.2, 0.25) is 0 Å². The summed E-state index contributed by atoms with van der Waals surface area (Å²) >= 11 is 0. The molecular weight excluding hydrogens is 402 g/mol. The Morgan fingerprint density at radius 2 is 1.94 bits per heavy atom. The van der Waals surface area contributed by atoms with Gasteiger partial charge in [-0.2, -0.15) is 0 Å². The van der Waals surface area contributed by atoms with Gasteiger partial charge in [-0.1, -0.05) is 32.8 Å². The van der Waals surface area contributed by atoms with Gasteiger partial charge in [-0.25, -0.2) is 0 Å². The molecule has 0 amide bonds. The molecule has 1 aromatic rings. The number of ether oxygens (including phenoxy) is 2. The van der Waals surface area contributed by atoms with Crippen LogP contribution in [0.15, 0.2) is 23.2 Å². The van der Waals surface area contributed by atoms with Gasteiger partial charge in [-0.3, -0.25) is 9.89 Å². The molecule has 0 spiro atoms. The molecule has 0 radical (unpaired) electrons. The number of aliphatic imine (C=N–C) groups is 1. The van der Waals surface area contributed by atoms with Crippen LogP contribution in [0.2, 0.25) is 0 Å². The summed E-state index contributed by atoms with van der Waals surface area (Å²) in [7, 11) is 3.53. The number of methoxy groups -OCH3 is 1. The van der Waals surface area contributed by atoms with Crippen LogP contribution in [0.3, 0.4) is 0 Å². The highest BCUT2D eigenvalue weighted by atomic mass is 16.5. The van der Waals surface area contributed by atoms with Crippen molar-refractivity contribution in [2.75, 3.05) is 53.5 Å². The van der Waals surface area contributed by atoms with E-state index in [0.29, 0.717) is 19.2 Å². The van der Waals surface area contributed by atoms with E-state index in [1.165, 1.54) is 38.6 Å². The fourth-order valence-corrected chi connectivity index (χ4v) is 4.85. The summed E-state index contributed by atoms with van der Waals surface area (Å²) in [5, 5.41) is 7.07. The second kappa shape index (κ2) is 12.9. The third-order valence-corrected chi connectivity index (χ3v) is 6.87. The summed E-state index contributed by atoms with van der Waals surface area (Å²) in [6.07, 6.45) is 6.72. The lowest BCUT2D eigenvalue weighted by molar-refractivity contribution is 0.217. The Labute approximate surface area is 194 Å². The smallest absolute Gasteiger partial charge is 0.191 e. The van der Waals surface area contributed by atoms with Crippen molar-refractivity contribution < 1.29 is 9.47 Å². The van der Waals surface area contributed by atoms with Gasteiger partial charge in [0.1, 0.15) is 6.61 Å². The number of likely N-dealkylation sites (tertiary alicyclic amines) is 1. The Balaban J connectivity index is 1.46. The minimum absolute atomic E-state index is 0.470. The highest BCUT2D eigenvalue weighted by Gasteiger charge is 2.30. The van der Waals surface area contributed by atoms with E-state index < -0.39 is 0 Å². The molecule has 7 nitrogen and oxygen atoms in total. The molecule has 1 heterocycles. The average Bonchev–Trinajstić information content (AvgIpc) is 3.52. The lowest BCUT2D eigenvalue weighted by Crippen LogP contribution is -2.45. The zero-order valence-electron chi connectivity index (χ0n) is 20.5. The Morgan fingerprint density at radius 3 is 2.62 bits per heavy atom. The molecule has 0 aromatic heterocycles. The van der Waals surface area contributed by atoms with Crippen molar-refractivity contribution in [3.63, 3.8) is 0 Å². The molecule has 2 fully saturated rings. The number of guanidine groups is 1. The number of rotatable bonds is 11. The van der Waals surface area contributed by atoms with Crippen molar-refractivity contribution >= 4 is 5.96 Å². The predicted molar refractivity (Wildman–Crippen MR) is 132 cm³/mol. The zero-order chi connectivity index (χ0) is 22.8. The predicted octanol–water partition coefficient (Wildman–Crippen LogP) is 3.10. The van der Waals surface area contributed by atoms with E-state index >= 15 is 0 Å². The van der Waals surface area contributed by atoms with Gasteiger partial charge in [0.25, 0.3) is 0 Å². The summed E-state index contributed by atoms with van der Waals surface area (Å²) in [6.45, 7) is 11.0. The maximum Gasteiger partial charge on any atom is 0.191 e. The molecule has 1 saturated carbocycles. The second-order valence-electron chi connectivity index (χ2n) is 8.85. The first-order chi connectivity index (χ1) is 15.7. The molecule has 32 heavy (non-hydrogen) atoms. The maximum absolute atomic E-state index is 5.98. The monoisotopic (exact) mass is 445 g/mol. The van der Waals surface area contributed by atoms with Crippen LogP contribution in [0, 0.1) is 0 Å². The first-order valence-electron chi connectivity index (χ1n) is 12.4. The largest absolute Gasteiger partial charge is 0.493 e. The van der Waals surface area contributed by atoms with E-state index in [4.69, 9.17) is 9.47 Å². The topological polar surface area (TPSA) is 61.4 Å². The van der Waals surface area contributed by atoms with Crippen LogP contribution in [0.5, 0.6) is 11.5 Å². The first-order valence-corrected chi connectivity index (χ1v) is 12.4. The molecule has 2 N–H and O–H groups in total. The van der Waals surface area contributed by atoms with Gasteiger partial charge < -0.3 is 25.0 Å². The normalized spacial score (nSPS) is 20.2. The van der Waals surface area contributed by atoms with E-state index in [2.05, 4.69) is 45.3 Å². The van der Waals surface area contributed by atoms with E-state index in [-0.39, 0.29) is 0 Å². The zero-order valence-corrected chi connectivity index (χ0v) is 20.5. The van der Waals surface area contributed by atoms with Crippen molar-refractivity contribution in [2.24, 2.45) is 4.99 Å². The van der Waals surface area contributed by atoms with E-state index in [1.54, 1.807) is 7.11 Å². The maximum atomic E-state index is 5.98. The molecule has 2 aliphatic rings. The Bertz CT molecular complexity index is 716. The lowest BCUT2D eigenvalue weighted by atomic mass is 10.2. The van der Waals surface area contributed by atoms with Gasteiger partial charge in [-0.15, -0.1) is 0 Å². The summed E-state index contributed by atoms with van der Waals surface area (Å²) in [4.78, 5) is 9.45. The molecular formula is C25H43N5O2. The Kier molecular flexibility index (Phi) is 9.93. The minimum atomic E-state index is 0.470. The summed E-state index contributed by atoms with van der Waals surface area (Å²) in [6, 6.07) is 7.41. The fourth-order valence-electron chi connectivity index (χ4n) is 4.85. The Morgan fingerprint density at radius 1 is 1.16 bits per heavy atom. The Hall–Kier alpha value is -1.99. The summed E-state index contributed by atoms with van der Waals surface area (Å²) in [5.74, 6) is 2.43. The van der Waals surface area contributed by atoms with Crippen LogP contribution in [0.1, 0.15) is 51.5 Å². The number of nitrogens with zero attached hydrogens (tertiary/aromatic N) is 3. The number of likely N-dealkylation sites (N-methyl/N-ethyl adjacent to an activating group) is 1. The molecule has 7 heteroatoms. The van der Waals surface area contributed by atoms with Crippen LogP contribution >= 0.6 is 0 Å². The molecule has 1 aliphatic carbocycles. The number of benzene rings is 1. The standard InChI is InChI=1S/C25H43N5O2/c1-5-29(6-2)15-16-32-23-12-11-20(17-24(23)31-4)18-27-25(26-3)28-21-13-14-30(19-21)22-9-7-8-10-22/h11-12,17,21-22H,5-10,13-16,18-19H2,1-4H3,(H2,26,27,28). The SMILES string of the molecule is CCN(CC)CCOc1ccc(CNC(=NC)NC2CCN(C3CCCC3)C2)cc1OC. The van der Waals surface area contributed by atoms with Crippen LogP contribution in [-0.2, 0) is 6.54 Å². The molecule has 1 aromatic carbocycles. The molecule has 1 unspecified atom stereocenters. The minimum Gasteiger partial charge on any atom is -0.493 e. The summed E-state index contributed by atoms with van der Waals surface area (Å²) in [5.41, 5.74) is 1.14. The number of nitrogens with one attached hydrogen (secondary N) is 2. The molecule has 0 bridgehead atoms. The highest BCUT2D eigenvalue weighted by molar-refractivity contribution is 5.80. The van der Waals surface area contributed by atoms with Gasteiger partial charge in [-0.05, 0) is 50.0 Å². The number of hydrogen-bond donors (Lipinski definition) is 2. The van der Waals surface area contributed by atoms with E-state index in [9.17, 15) is 0 Å². The second-order valence-corrected chi connectivity index (χ2v) is 8.85. The van der Waals surface area contributed by atoms with E-state index in [1.807, 2.05) is 19.2 Å². The van der Waals surface area contributed by atoms with E-state index in [0.717, 1.165) is 55.2 Å². The van der Waals surface area contributed by atoms with Crippen LogP contribution in [-0.4, -0.2) is 81.3 Å². The van der Waals surface area contributed by atoms with Crippen molar-refractivity contribution in [3.05, 3.63) is 23.8 Å². The van der Waals surface area contributed by atoms with Crippen LogP contribution < -0.4 is 20.1 Å². The van der Waals surface area contributed by atoms with Crippen molar-refractivity contribution in [1.29, 1.82) is 0 Å². The van der Waals surface area contributed by atoms with Crippen molar-refractivity contribution in [3.8, 4) is 11.5 Å². The molecule has 180 valence electrons. The highest BCUT2D eigenvalue weighted by Crippen LogP contribution is 2.28.